The average molecular weight is 712 g/mol. The average Bonchev–Trinajstić information content (AvgIpc) is 2.95. The quantitative estimate of drug-likeness (QED) is 0.0601. The van der Waals surface area contributed by atoms with Gasteiger partial charge in [0.25, 0.3) is 0 Å². The molecule has 0 spiro atoms. The lowest BCUT2D eigenvalue weighted by molar-refractivity contribution is 0.579. The lowest BCUT2D eigenvalue weighted by Crippen LogP contribution is -1.88. The summed E-state index contributed by atoms with van der Waals surface area (Å²) in [4.78, 5) is 0. The van der Waals surface area contributed by atoms with E-state index in [-0.39, 0.29) is 0 Å². The first-order chi connectivity index (χ1) is 19.6. The van der Waals surface area contributed by atoms with Crippen LogP contribution in [0.4, 0.5) is 0 Å². The summed E-state index contributed by atoms with van der Waals surface area (Å²) in [5.74, 6) is 14.0. The molecular formula is C38H48BrI. The fraction of sp³-hybridized carbons (Fsp3) is 0.526. The van der Waals surface area contributed by atoms with Gasteiger partial charge in [-0.2, -0.15) is 0 Å². The van der Waals surface area contributed by atoms with Crippen LogP contribution in [0.2, 0.25) is 0 Å². The van der Waals surface area contributed by atoms with Crippen LogP contribution in [0.15, 0.2) is 40.9 Å². The third-order valence-corrected chi connectivity index (χ3v) is 10.0. The zero-order valence-electron chi connectivity index (χ0n) is 24.9. The predicted octanol–water partition coefficient (Wildman–Crippen LogP) is 13.1. The Kier molecular flexibility index (Phi) is 16.2. The Morgan fingerprint density at radius 1 is 0.500 bits per heavy atom. The maximum atomic E-state index is 3.70. The highest BCUT2D eigenvalue weighted by atomic mass is 127. The van der Waals surface area contributed by atoms with Crippen molar-refractivity contribution in [2.45, 2.75) is 129 Å². The van der Waals surface area contributed by atoms with Gasteiger partial charge in [0.1, 0.15) is 0 Å². The van der Waals surface area contributed by atoms with Crippen molar-refractivity contribution >= 4 is 60.1 Å². The van der Waals surface area contributed by atoms with Crippen LogP contribution in [0.1, 0.15) is 141 Å². The van der Waals surface area contributed by atoms with E-state index in [0.29, 0.717) is 0 Å². The lowest BCUT2D eigenvalue weighted by atomic mass is 9.97. The van der Waals surface area contributed by atoms with Crippen LogP contribution in [-0.4, -0.2) is 0 Å². The molecule has 0 bridgehead atoms. The van der Waals surface area contributed by atoms with Gasteiger partial charge in [0.2, 0.25) is 0 Å². The van der Waals surface area contributed by atoms with E-state index < -0.39 is 0 Å². The summed E-state index contributed by atoms with van der Waals surface area (Å²) >= 11 is 6.09. The van der Waals surface area contributed by atoms with Crippen LogP contribution in [0.25, 0.3) is 21.5 Å². The van der Waals surface area contributed by atoms with E-state index in [0.717, 1.165) is 28.4 Å². The number of hydrogen-bond acceptors (Lipinski definition) is 0. The van der Waals surface area contributed by atoms with Gasteiger partial charge in [-0.25, -0.2) is 0 Å². The molecule has 0 saturated heterocycles. The molecular weight excluding hydrogens is 663 g/mol. The monoisotopic (exact) mass is 710 g/mol. The van der Waals surface area contributed by atoms with Gasteiger partial charge in [-0.15, -0.1) is 0 Å². The van der Waals surface area contributed by atoms with Crippen LogP contribution in [-0.2, 0) is 0 Å². The number of rotatable bonds is 16. The molecule has 214 valence electrons. The van der Waals surface area contributed by atoms with Crippen molar-refractivity contribution in [2.24, 2.45) is 0 Å². The first kappa shape index (κ1) is 33.0. The molecule has 0 radical (unpaired) electrons. The van der Waals surface area contributed by atoms with Crippen molar-refractivity contribution in [2.75, 3.05) is 0 Å². The highest BCUT2D eigenvalue weighted by Gasteiger charge is 2.06. The fourth-order valence-electron chi connectivity index (χ4n) is 5.26. The highest BCUT2D eigenvalue weighted by Crippen LogP contribution is 2.30. The van der Waals surface area contributed by atoms with Gasteiger partial charge < -0.3 is 0 Å². The Balaban J connectivity index is 1.67. The number of hydrogen-bond donors (Lipinski definition) is 0. The Bertz CT molecular complexity index is 1210. The topological polar surface area (TPSA) is 0 Å². The molecule has 3 rings (SSSR count). The van der Waals surface area contributed by atoms with Crippen LogP contribution in [0.5, 0.6) is 0 Å². The van der Waals surface area contributed by atoms with Gasteiger partial charge in [-0.1, -0.05) is 127 Å². The van der Waals surface area contributed by atoms with Gasteiger partial charge in [0, 0.05) is 32.0 Å². The standard InChI is InChI=1S/C38H48BrI/c1-3-5-7-9-11-13-15-17-19-21-23-31-25-33-27-35-29-37(39)38(40)30-36(35)28-34(33)26-32(31)24-22-20-18-16-14-12-10-8-6-4-2/h25-30H,3-20H2,1-2H3. The molecule has 0 fully saturated rings. The summed E-state index contributed by atoms with van der Waals surface area (Å²) in [5.41, 5.74) is 2.17. The highest BCUT2D eigenvalue weighted by molar-refractivity contribution is 14.1. The third-order valence-electron chi connectivity index (χ3n) is 7.73. The Morgan fingerprint density at radius 3 is 1.32 bits per heavy atom. The molecule has 0 saturated carbocycles. The molecule has 2 heteroatoms. The van der Waals surface area contributed by atoms with Gasteiger partial charge in [0.05, 0.1) is 0 Å². The molecule has 0 aliphatic carbocycles. The predicted molar refractivity (Wildman–Crippen MR) is 190 cm³/mol. The van der Waals surface area contributed by atoms with Crippen LogP contribution in [0, 0.1) is 27.3 Å². The first-order valence-corrected chi connectivity index (χ1v) is 17.8. The SMILES string of the molecule is CCCCCCCCCCC#Cc1cc2cc3cc(Br)c(I)cc3cc2cc1C#CCCCCCCCCCC. The van der Waals surface area contributed by atoms with Gasteiger partial charge in [0.15, 0.2) is 0 Å². The smallest absolute Gasteiger partial charge is 0.0408 e. The number of unbranched alkanes of at least 4 members (excludes halogenated alkanes) is 16. The molecule has 0 aliphatic rings. The molecule has 3 aromatic carbocycles. The molecule has 40 heavy (non-hydrogen) atoms. The number of fused-ring (bicyclic) bond motifs is 2. The van der Waals surface area contributed by atoms with Crippen molar-refractivity contribution in [3.05, 3.63) is 55.6 Å². The van der Waals surface area contributed by atoms with Crippen molar-refractivity contribution in [1.29, 1.82) is 0 Å². The van der Waals surface area contributed by atoms with Gasteiger partial charge in [-0.05, 0) is 109 Å². The zero-order valence-corrected chi connectivity index (χ0v) is 28.7. The normalized spacial score (nSPS) is 10.9. The first-order valence-electron chi connectivity index (χ1n) is 16.0. The second-order valence-electron chi connectivity index (χ2n) is 11.3. The number of benzene rings is 3. The molecule has 0 amide bonds. The molecule has 0 atom stereocenters. The summed E-state index contributed by atoms with van der Waals surface area (Å²) in [6.45, 7) is 4.56. The van der Waals surface area contributed by atoms with E-state index in [1.807, 2.05) is 0 Å². The van der Waals surface area contributed by atoms with Crippen LogP contribution in [0.3, 0.4) is 0 Å². The lowest BCUT2D eigenvalue weighted by Gasteiger charge is -2.07. The molecule has 0 aromatic heterocycles. The fourth-order valence-corrected chi connectivity index (χ4v) is 6.11. The maximum Gasteiger partial charge on any atom is 0.0408 e. The van der Waals surface area contributed by atoms with E-state index in [9.17, 15) is 0 Å². The minimum atomic E-state index is 0.973. The molecule has 0 unspecified atom stereocenters. The second kappa shape index (κ2) is 19.6. The zero-order chi connectivity index (χ0) is 28.4. The Hall–Kier alpha value is -1.49. The van der Waals surface area contributed by atoms with Crippen molar-refractivity contribution in [3.8, 4) is 23.7 Å². The van der Waals surface area contributed by atoms with Crippen LogP contribution < -0.4 is 0 Å². The Morgan fingerprint density at radius 2 is 0.875 bits per heavy atom. The largest absolute Gasteiger partial charge is 0.0978 e. The minimum absolute atomic E-state index is 0.973. The minimum Gasteiger partial charge on any atom is -0.0978 e. The molecule has 0 aliphatic heterocycles. The summed E-state index contributed by atoms with van der Waals surface area (Å²) in [7, 11) is 0. The van der Waals surface area contributed by atoms with E-state index >= 15 is 0 Å². The van der Waals surface area contributed by atoms with E-state index in [1.165, 1.54) is 128 Å². The van der Waals surface area contributed by atoms with Crippen molar-refractivity contribution < 1.29 is 0 Å². The van der Waals surface area contributed by atoms with E-state index in [2.05, 4.69) is 112 Å². The number of halogens is 2. The van der Waals surface area contributed by atoms with Gasteiger partial charge >= 0.3 is 0 Å². The third kappa shape index (κ3) is 11.8. The summed E-state index contributed by atoms with van der Waals surface area (Å²) in [5, 5.41) is 5.01. The molecule has 0 heterocycles. The summed E-state index contributed by atoms with van der Waals surface area (Å²) < 4.78 is 2.38. The maximum absolute atomic E-state index is 3.70. The Labute approximate surface area is 267 Å². The van der Waals surface area contributed by atoms with Crippen LogP contribution >= 0.6 is 38.5 Å². The summed E-state index contributed by atoms with van der Waals surface area (Å²) in [6.07, 6.45) is 23.4. The second-order valence-corrected chi connectivity index (χ2v) is 13.3. The molecule has 0 nitrogen and oxygen atoms in total. The van der Waals surface area contributed by atoms with Crippen molar-refractivity contribution in [3.63, 3.8) is 0 Å². The van der Waals surface area contributed by atoms with Crippen molar-refractivity contribution in [1.82, 2.24) is 0 Å². The molecule has 0 N–H and O–H groups in total. The van der Waals surface area contributed by atoms with E-state index in [1.54, 1.807) is 0 Å². The molecule has 3 aromatic rings. The van der Waals surface area contributed by atoms with Gasteiger partial charge in [-0.3, -0.25) is 0 Å². The summed E-state index contributed by atoms with van der Waals surface area (Å²) in [6, 6.07) is 13.6. The van der Waals surface area contributed by atoms with E-state index in [4.69, 9.17) is 0 Å².